The van der Waals surface area contributed by atoms with Gasteiger partial charge >= 0.3 is 5.91 Å². The maximum atomic E-state index is 11.5. The standard InChI is InChI=1S/C9H13N2O2S/c1-3-14-6-8(12)9(13)11-5-4-10(2)7-11/h4-5,7H,3,6H2,1-2H3/q+1. The van der Waals surface area contributed by atoms with Crippen LogP contribution in [0.15, 0.2) is 18.7 Å². The number of imidazole rings is 1. The predicted octanol–water partition coefficient (Wildman–Crippen LogP) is 0.275. The molecule has 0 saturated heterocycles. The summed E-state index contributed by atoms with van der Waals surface area (Å²) in [5.41, 5.74) is 0. The molecule has 76 valence electrons. The third kappa shape index (κ3) is 2.70. The summed E-state index contributed by atoms with van der Waals surface area (Å²) in [6.07, 6.45) is 4.88. The number of thioether (sulfide) groups is 1. The lowest BCUT2D eigenvalue weighted by atomic mass is 10.4. The van der Waals surface area contributed by atoms with Gasteiger partial charge in [0.05, 0.1) is 12.8 Å². The van der Waals surface area contributed by atoms with Crippen LogP contribution in [0.1, 0.15) is 11.7 Å². The molecule has 0 radical (unpaired) electrons. The number of aromatic nitrogens is 2. The minimum absolute atomic E-state index is 0.261. The predicted molar refractivity (Wildman–Crippen MR) is 54.2 cm³/mol. The van der Waals surface area contributed by atoms with Crippen LogP contribution >= 0.6 is 11.8 Å². The molecule has 14 heavy (non-hydrogen) atoms. The van der Waals surface area contributed by atoms with E-state index in [2.05, 4.69) is 0 Å². The van der Waals surface area contributed by atoms with Crippen molar-refractivity contribution in [2.75, 3.05) is 11.5 Å². The van der Waals surface area contributed by atoms with Crippen LogP contribution in [0.25, 0.3) is 0 Å². The lowest BCUT2D eigenvalue weighted by molar-refractivity contribution is -0.670. The number of hydrogen-bond donors (Lipinski definition) is 0. The highest BCUT2D eigenvalue weighted by Crippen LogP contribution is 1.99. The Balaban J connectivity index is 2.61. The molecule has 0 fully saturated rings. The molecule has 5 heteroatoms. The zero-order chi connectivity index (χ0) is 10.6. The quantitative estimate of drug-likeness (QED) is 0.533. The number of aryl methyl sites for hydroxylation is 1. The van der Waals surface area contributed by atoms with Crippen molar-refractivity contribution in [2.24, 2.45) is 7.05 Å². The largest absolute Gasteiger partial charge is 0.382 e. The molecule has 0 unspecified atom stereocenters. The maximum absolute atomic E-state index is 11.5. The van der Waals surface area contributed by atoms with Crippen LogP contribution in [0.5, 0.6) is 0 Å². The summed E-state index contributed by atoms with van der Waals surface area (Å²) in [6, 6.07) is 0. The van der Waals surface area contributed by atoms with E-state index in [1.54, 1.807) is 30.3 Å². The fourth-order valence-corrected chi connectivity index (χ4v) is 1.48. The van der Waals surface area contributed by atoms with E-state index in [4.69, 9.17) is 0 Å². The summed E-state index contributed by atoms with van der Waals surface area (Å²) in [6.45, 7) is 1.96. The third-order valence-electron chi connectivity index (χ3n) is 1.68. The van der Waals surface area contributed by atoms with Crippen LogP contribution in [-0.2, 0) is 11.8 Å². The first-order valence-electron chi connectivity index (χ1n) is 4.33. The summed E-state index contributed by atoms with van der Waals surface area (Å²) in [5.74, 6) is 0.287. The smallest absolute Gasteiger partial charge is 0.285 e. The van der Waals surface area contributed by atoms with Crippen molar-refractivity contribution in [3.8, 4) is 0 Å². The molecule has 4 nitrogen and oxygen atoms in total. The van der Waals surface area contributed by atoms with Gasteiger partial charge in [-0.1, -0.05) is 6.92 Å². The maximum Gasteiger partial charge on any atom is 0.382 e. The molecule has 0 aliphatic carbocycles. The number of hydrogen-bond acceptors (Lipinski definition) is 3. The van der Waals surface area contributed by atoms with Crippen molar-refractivity contribution in [3.63, 3.8) is 0 Å². The Morgan fingerprint density at radius 2 is 2.21 bits per heavy atom. The van der Waals surface area contributed by atoms with Gasteiger partial charge in [-0.3, -0.25) is 4.79 Å². The molecule has 1 rings (SSSR count). The van der Waals surface area contributed by atoms with E-state index in [9.17, 15) is 9.59 Å². The minimum atomic E-state index is -0.466. The van der Waals surface area contributed by atoms with E-state index >= 15 is 0 Å². The molecule has 0 amide bonds. The van der Waals surface area contributed by atoms with E-state index in [0.717, 1.165) is 5.75 Å². The number of ketones is 1. The highest BCUT2D eigenvalue weighted by Gasteiger charge is 2.20. The summed E-state index contributed by atoms with van der Waals surface area (Å²) < 4.78 is 3.02. The van der Waals surface area contributed by atoms with Crippen molar-refractivity contribution in [1.82, 2.24) is 4.57 Å². The average Bonchev–Trinajstić information content (AvgIpc) is 2.60. The van der Waals surface area contributed by atoms with Gasteiger partial charge < -0.3 is 0 Å². The Kier molecular flexibility index (Phi) is 3.88. The van der Waals surface area contributed by atoms with E-state index in [1.165, 1.54) is 16.3 Å². The van der Waals surface area contributed by atoms with Gasteiger partial charge in [0.25, 0.3) is 12.1 Å². The molecular weight excluding hydrogens is 200 g/mol. The molecule has 1 aromatic heterocycles. The highest BCUT2D eigenvalue weighted by atomic mass is 32.2. The van der Waals surface area contributed by atoms with E-state index < -0.39 is 5.91 Å². The molecule has 0 spiro atoms. The normalized spacial score (nSPS) is 10.1. The molecule has 0 atom stereocenters. The van der Waals surface area contributed by atoms with Gasteiger partial charge in [0, 0.05) is 0 Å². The van der Waals surface area contributed by atoms with Crippen molar-refractivity contribution >= 4 is 23.5 Å². The van der Waals surface area contributed by atoms with E-state index in [1.807, 2.05) is 6.92 Å². The molecule has 0 aliphatic rings. The van der Waals surface area contributed by atoms with E-state index in [-0.39, 0.29) is 11.5 Å². The van der Waals surface area contributed by atoms with Gasteiger partial charge in [-0.25, -0.2) is 9.36 Å². The molecular formula is C9H13N2O2S+. The fourth-order valence-electron chi connectivity index (χ4n) is 0.971. The second-order valence-corrected chi connectivity index (χ2v) is 4.13. The summed E-state index contributed by atoms with van der Waals surface area (Å²) in [4.78, 5) is 22.8. The lowest BCUT2D eigenvalue weighted by Gasteiger charge is -1.93. The highest BCUT2D eigenvalue weighted by molar-refractivity contribution is 8.00. The van der Waals surface area contributed by atoms with Gasteiger partial charge in [-0.15, -0.1) is 0 Å². The first-order chi connectivity index (χ1) is 6.65. The van der Waals surface area contributed by atoms with Gasteiger partial charge in [0.1, 0.15) is 12.4 Å². The second-order valence-electron chi connectivity index (χ2n) is 2.85. The van der Waals surface area contributed by atoms with Crippen LogP contribution in [-0.4, -0.2) is 27.8 Å². The first-order valence-corrected chi connectivity index (χ1v) is 5.49. The molecule has 0 bridgehead atoms. The Morgan fingerprint density at radius 3 is 2.71 bits per heavy atom. The van der Waals surface area contributed by atoms with Gasteiger partial charge in [0.2, 0.25) is 0 Å². The van der Waals surface area contributed by atoms with Crippen LogP contribution in [0.3, 0.4) is 0 Å². The first kappa shape index (κ1) is 11.0. The molecule has 0 saturated carbocycles. The minimum Gasteiger partial charge on any atom is -0.285 e. The third-order valence-corrected chi connectivity index (χ3v) is 2.55. The second kappa shape index (κ2) is 4.95. The number of nitrogens with zero attached hydrogens (tertiary/aromatic N) is 2. The number of carbonyl (C=O) groups is 2. The van der Waals surface area contributed by atoms with Crippen molar-refractivity contribution in [3.05, 3.63) is 18.7 Å². The SMILES string of the molecule is CCSCC(=O)C(=O)n1cc[n+](C)c1. The Morgan fingerprint density at radius 1 is 1.50 bits per heavy atom. The Hall–Kier alpha value is -1.10. The number of Topliss-reactive ketones (excluding diaryl/α,β-unsaturated/α-hetero) is 1. The monoisotopic (exact) mass is 213 g/mol. The van der Waals surface area contributed by atoms with Crippen LogP contribution < -0.4 is 4.57 Å². The molecule has 1 aromatic rings. The van der Waals surface area contributed by atoms with Crippen LogP contribution in [0.2, 0.25) is 0 Å². The van der Waals surface area contributed by atoms with Crippen molar-refractivity contribution in [1.29, 1.82) is 0 Å². The molecule has 1 heterocycles. The summed E-state index contributed by atoms with van der Waals surface area (Å²) >= 11 is 1.46. The van der Waals surface area contributed by atoms with Crippen molar-refractivity contribution in [2.45, 2.75) is 6.92 Å². The Labute approximate surface area is 86.9 Å². The lowest BCUT2D eigenvalue weighted by Crippen LogP contribution is -2.27. The van der Waals surface area contributed by atoms with Gasteiger partial charge in [-0.2, -0.15) is 16.3 Å². The summed E-state index contributed by atoms with van der Waals surface area (Å²) in [5, 5.41) is 0. The van der Waals surface area contributed by atoms with Crippen molar-refractivity contribution < 1.29 is 14.2 Å². The molecule has 0 aromatic carbocycles. The Bertz CT molecular complexity index is 346. The molecule has 0 aliphatic heterocycles. The number of carbonyl (C=O) groups excluding carboxylic acids is 2. The molecule has 0 N–H and O–H groups in total. The number of rotatable bonds is 4. The van der Waals surface area contributed by atoms with E-state index in [0.29, 0.717) is 0 Å². The topological polar surface area (TPSA) is 43.0 Å². The zero-order valence-corrected chi connectivity index (χ0v) is 9.08. The summed E-state index contributed by atoms with van der Waals surface area (Å²) in [7, 11) is 1.80. The van der Waals surface area contributed by atoms with Crippen LogP contribution in [0.4, 0.5) is 0 Å². The van der Waals surface area contributed by atoms with Gasteiger partial charge in [0.15, 0.2) is 0 Å². The average molecular weight is 213 g/mol. The zero-order valence-electron chi connectivity index (χ0n) is 8.27. The van der Waals surface area contributed by atoms with Gasteiger partial charge in [-0.05, 0) is 5.75 Å². The fraction of sp³-hybridized carbons (Fsp3) is 0.444. The van der Waals surface area contributed by atoms with Crippen LogP contribution in [0, 0.1) is 0 Å².